The Morgan fingerprint density at radius 1 is 1.40 bits per heavy atom. The second-order valence-corrected chi connectivity index (χ2v) is 5.81. The molecule has 0 aliphatic carbocycles. The number of amides is 1. The highest BCUT2D eigenvalue weighted by atomic mass is 16.7. The first-order valence-electron chi connectivity index (χ1n) is 7.77. The van der Waals surface area contributed by atoms with Crippen molar-refractivity contribution in [1.29, 1.82) is 0 Å². The van der Waals surface area contributed by atoms with Crippen molar-refractivity contribution >= 4 is 33.4 Å². The number of ether oxygens (including phenoxy) is 2. The predicted molar refractivity (Wildman–Crippen MR) is 92.8 cm³/mol. The van der Waals surface area contributed by atoms with Crippen molar-refractivity contribution in [2.24, 2.45) is 4.99 Å². The van der Waals surface area contributed by atoms with Crippen LogP contribution in [0.25, 0.3) is 21.8 Å². The highest BCUT2D eigenvalue weighted by Crippen LogP contribution is 2.30. The minimum Gasteiger partial charge on any atom is -0.397 e. The van der Waals surface area contributed by atoms with Crippen LogP contribution in [0.15, 0.2) is 23.3 Å². The molecule has 0 saturated heterocycles. The van der Waals surface area contributed by atoms with Crippen molar-refractivity contribution in [2.75, 3.05) is 20.0 Å². The van der Waals surface area contributed by atoms with E-state index in [1.807, 2.05) is 0 Å². The number of hydrogen-bond acceptors (Lipinski definition) is 6. The van der Waals surface area contributed by atoms with Gasteiger partial charge in [0, 0.05) is 50.2 Å². The summed E-state index contributed by atoms with van der Waals surface area (Å²) < 4.78 is 10.3. The largest absolute Gasteiger partial charge is 0.397 e. The number of carbonyl (C=O) groups excluding carboxylic acids is 1. The molecule has 132 valence electrons. The molecule has 4 N–H and O–H groups in total. The third kappa shape index (κ3) is 3.19. The molecule has 0 aliphatic heterocycles. The summed E-state index contributed by atoms with van der Waals surface area (Å²) in [5.74, 6) is -0.339. The zero-order chi connectivity index (χ0) is 18.1. The lowest BCUT2D eigenvalue weighted by molar-refractivity contribution is -0.123. The molecule has 1 atom stereocenters. The van der Waals surface area contributed by atoms with Gasteiger partial charge in [0.15, 0.2) is 6.29 Å². The van der Waals surface area contributed by atoms with Crippen molar-refractivity contribution < 1.29 is 19.4 Å². The Kier molecular flexibility index (Phi) is 4.67. The van der Waals surface area contributed by atoms with E-state index < -0.39 is 12.4 Å². The molecule has 8 heteroatoms. The highest BCUT2D eigenvalue weighted by Gasteiger charge is 2.19. The molecular formula is C17H20N4O4. The molecule has 0 bridgehead atoms. The second kappa shape index (κ2) is 6.75. The van der Waals surface area contributed by atoms with Crippen LogP contribution in [0.2, 0.25) is 0 Å². The van der Waals surface area contributed by atoms with Crippen molar-refractivity contribution in [1.82, 2.24) is 9.97 Å². The van der Waals surface area contributed by atoms with Gasteiger partial charge in [0.1, 0.15) is 0 Å². The van der Waals surface area contributed by atoms with Crippen LogP contribution >= 0.6 is 0 Å². The summed E-state index contributed by atoms with van der Waals surface area (Å²) in [6, 6.07) is 3.40. The highest BCUT2D eigenvalue weighted by molar-refractivity contribution is 6.11. The Morgan fingerprint density at radius 3 is 2.76 bits per heavy atom. The van der Waals surface area contributed by atoms with Crippen molar-refractivity contribution in [3.05, 3.63) is 29.4 Å². The lowest BCUT2D eigenvalue weighted by atomic mass is 10.1. The van der Waals surface area contributed by atoms with Gasteiger partial charge in [-0.3, -0.25) is 9.78 Å². The number of nitrogen functional groups attached to an aromatic ring is 1. The van der Waals surface area contributed by atoms with Gasteiger partial charge >= 0.3 is 0 Å². The summed E-state index contributed by atoms with van der Waals surface area (Å²) in [4.78, 5) is 23.0. The zero-order valence-electron chi connectivity index (χ0n) is 14.2. The number of benzene rings is 1. The molecule has 0 aliphatic rings. The van der Waals surface area contributed by atoms with Gasteiger partial charge in [-0.25, -0.2) is 4.99 Å². The van der Waals surface area contributed by atoms with Crippen LogP contribution in [0.1, 0.15) is 25.1 Å². The fraction of sp³-hybridized carbons (Fsp3) is 0.353. The zero-order valence-corrected chi connectivity index (χ0v) is 14.2. The number of methoxy groups -OCH3 is 2. The SMILES string of the molecule is COC(CC(O)c1cc2cnc3c(N)cc(=NC(C)=O)c([nH]1)c23)OC. The number of rotatable bonds is 5. The number of hydrogen-bond donors (Lipinski definition) is 3. The molecule has 0 fully saturated rings. The Morgan fingerprint density at radius 2 is 2.12 bits per heavy atom. The third-order valence-electron chi connectivity index (χ3n) is 4.09. The van der Waals surface area contributed by atoms with E-state index in [1.54, 1.807) is 18.3 Å². The van der Waals surface area contributed by atoms with Crippen molar-refractivity contribution in [3.63, 3.8) is 0 Å². The van der Waals surface area contributed by atoms with E-state index in [2.05, 4.69) is 15.0 Å². The van der Waals surface area contributed by atoms with Gasteiger partial charge in [-0.1, -0.05) is 0 Å². The molecular weight excluding hydrogens is 324 g/mol. The second-order valence-electron chi connectivity index (χ2n) is 5.81. The van der Waals surface area contributed by atoms with Crippen LogP contribution in [0, 0.1) is 0 Å². The van der Waals surface area contributed by atoms with E-state index >= 15 is 0 Å². The van der Waals surface area contributed by atoms with Gasteiger partial charge in [0.05, 0.1) is 28.2 Å². The molecule has 2 heterocycles. The molecule has 0 spiro atoms. The summed E-state index contributed by atoms with van der Waals surface area (Å²) >= 11 is 0. The quantitative estimate of drug-likeness (QED) is 0.472. The molecule has 1 amide bonds. The van der Waals surface area contributed by atoms with Gasteiger partial charge in [0.25, 0.3) is 0 Å². The van der Waals surface area contributed by atoms with Crippen LogP contribution in [0.4, 0.5) is 5.69 Å². The molecule has 8 nitrogen and oxygen atoms in total. The van der Waals surface area contributed by atoms with Crippen LogP contribution in [0.5, 0.6) is 0 Å². The number of aromatic nitrogens is 2. The summed E-state index contributed by atoms with van der Waals surface area (Å²) in [6.07, 6.45) is 0.530. The predicted octanol–water partition coefficient (Wildman–Crippen LogP) is 1.23. The summed E-state index contributed by atoms with van der Waals surface area (Å²) in [6.45, 7) is 1.37. The van der Waals surface area contributed by atoms with Gasteiger partial charge in [-0.2, -0.15) is 0 Å². The summed E-state index contributed by atoms with van der Waals surface area (Å²) in [7, 11) is 3.02. The first-order chi connectivity index (χ1) is 11.9. The number of nitrogens with one attached hydrogen (secondary N) is 1. The molecule has 3 rings (SSSR count). The normalized spacial score (nSPS) is 14.0. The molecule has 0 saturated carbocycles. The summed E-state index contributed by atoms with van der Waals surface area (Å²) in [5.41, 5.74) is 8.26. The van der Waals surface area contributed by atoms with Crippen molar-refractivity contribution in [3.8, 4) is 0 Å². The van der Waals surface area contributed by atoms with E-state index in [9.17, 15) is 9.90 Å². The van der Waals surface area contributed by atoms with Gasteiger partial charge in [0.2, 0.25) is 5.91 Å². The Hall–Kier alpha value is -2.55. The smallest absolute Gasteiger partial charge is 0.243 e. The maximum absolute atomic E-state index is 11.5. The number of H-pyrrole nitrogens is 1. The monoisotopic (exact) mass is 344 g/mol. The number of nitrogens with zero attached hydrogens (tertiary/aromatic N) is 2. The summed E-state index contributed by atoms with van der Waals surface area (Å²) in [5, 5.41) is 12.5. The molecule has 1 aromatic carbocycles. The lowest BCUT2D eigenvalue weighted by Crippen LogP contribution is -2.18. The fourth-order valence-corrected chi connectivity index (χ4v) is 2.92. The minimum absolute atomic E-state index is 0.243. The standard InChI is InChI=1S/C17H20N4O4/c1-8(22)20-12-5-10(18)16-15-9(7-19-16)4-11(21-17(12)15)13(23)6-14(24-2)25-3/h4-5,7,13-14,21,23H,6,18H2,1-3H3. The van der Waals surface area contributed by atoms with Gasteiger partial charge in [-0.05, 0) is 12.1 Å². The maximum Gasteiger partial charge on any atom is 0.243 e. The fourth-order valence-electron chi connectivity index (χ4n) is 2.92. The Labute approximate surface area is 143 Å². The lowest BCUT2D eigenvalue weighted by Gasteiger charge is -2.18. The number of anilines is 1. The van der Waals surface area contributed by atoms with E-state index in [4.69, 9.17) is 15.2 Å². The third-order valence-corrected chi connectivity index (χ3v) is 4.09. The van der Waals surface area contributed by atoms with E-state index in [0.717, 1.165) is 10.8 Å². The van der Waals surface area contributed by atoms with E-state index in [1.165, 1.54) is 21.1 Å². The molecule has 3 aromatic rings. The number of aliphatic hydroxyl groups excluding tert-OH is 1. The molecule has 0 radical (unpaired) electrons. The average molecular weight is 344 g/mol. The van der Waals surface area contributed by atoms with E-state index in [0.29, 0.717) is 27.8 Å². The number of nitrogens with two attached hydrogens (primary N) is 1. The van der Waals surface area contributed by atoms with Crippen LogP contribution in [-0.2, 0) is 14.3 Å². The van der Waals surface area contributed by atoms with Crippen LogP contribution < -0.4 is 11.1 Å². The van der Waals surface area contributed by atoms with Crippen LogP contribution in [0.3, 0.4) is 0 Å². The topological polar surface area (TPSA) is 123 Å². The first kappa shape index (κ1) is 17.3. The number of aliphatic hydroxyl groups is 1. The molecule has 1 unspecified atom stereocenters. The van der Waals surface area contributed by atoms with Crippen LogP contribution in [-0.4, -0.2) is 41.5 Å². The molecule has 2 aromatic heterocycles. The number of carbonyl (C=O) groups is 1. The first-order valence-corrected chi connectivity index (χ1v) is 7.77. The van der Waals surface area contributed by atoms with Gasteiger partial charge in [-0.15, -0.1) is 0 Å². The molecule has 25 heavy (non-hydrogen) atoms. The number of pyridine rings is 1. The maximum atomic E-state index is 11.5. The van der Waals surface area contributed by atoms with E-state index in [-0.39, 0.29) is 12.3 Å². The van der Waals surface area contributed by atoms with Crippen molar-refractivity contribution in [2.45, 2.75) is 25.7 Å². The minimum atomic E-state index is -0.856. The number of aromatic amines is 1. The average Bonchev–Trinajstić information content (AvgIpc) is 3.01. The Bertz CT molecular complexity index is 978. The Balaban J connectivity index is 2.20. The van der Waals surface area contributed by atoms with Gasteiger partial charge < -0.3 is 25.3 Å².